The molecule has 138 valence electrons. The van der Waals surface area contributed by atoms with Gasteiger partial charge in [0.05, 0.1) is 25.5 Å². The van der Waals surface area contributed by atoms with Crippen LogP contribution in [0.3, 0.4) is 0 Å². The van der Waals surface area contributed by atoms with Gasteiger partial charge in [0.2, 0.25) is 5.95 Å². The summed E-state index contributed by atoms with van der Waals surface area (Å²) >= 11 is 0. The van der Waals surface area contributed by atoms with Crippen LogP contribution in [0.4, 0.5) is 5.95 Å². The van der Waals surface area contributed by atoms with Gasteiger partial charge in [-0.2, -0.15) is 0 Å². The van der Waals surface area contributed by atoms with Crippen LogP contribution in [0.2, 0.25) is 0 Å². The molecule has 1 aliphatic heterocycles. The number of rotatable bonds is 4. The van der Waals surface area contributed by atoms with Crippen molar-refractivity contribution < 1.29 is 14.1 Å². The molecule has 0 saturated carbocycles. The number of carbonyl (C=O) groups is 1. The summed E-state index contributed by atoms with van der Waals surface area (Å²) in [7, 11) is 0. The Morgan fingerprint density at radius 1 is 1.23 bits per heavy atom. The molecule has 1 amide bonds. The SMILES string of the molecule is Cc1cc(CNC(=O)c2noc3c2CCCC3)nc(N2CCOCC2)n1. The standard InChI is InChI=1S/C18H23N5O3/c1-12-10-13(21-18(20-12)23-6-8-25-9-7-23)11-19-17(24)16-14-4-2-3-5-15(14)26-22-16/h10H,2-9,11H2,1H3,(H,19,24). The number of aromatic nitrogens is 3. The average molecular weight is 357 g/mol. The van der Waals surface area contributed by atoms with Crippen molar-refractivity contribution in [2.45, 2.75) is 39.2 Å². The minimum atomic E-state index is -0.207. The van der Waals surface area contributed by atoms with Crippen LogP contribution in [0.15, 0.2) is 10.6 Å². The molecule has 0 bridgehead atoms. The molecule has 0 aromatic carbocycles. The zero-order chi connectivity index (χ0) is 17.9. The van der Waals surface area contributed by atoms with E-state index in [2.05, 4.69) is 25.3 Å². The fraction of sp³-hybridized carbons (Fsp3) is 0.556. The van der Waals surface area contributed by atoms with Crippen LogP contribution in [-0.4, -0.2) is 47.3 Å². The Kier molecular flexibility index (Phi) is 4.83. The van der Waals surface area contributed by atoms with E-state index in [0.29, 0.717) is 31.4 Å². The van der Waals surface area contributed by atoms with Gasteiger partial charge in [-0.1, -0.05) is 5.16 Å². The largest absolute Gasteiger partial charge is 0.378 e. The summed E-state index contributed by atoms with van der Waals surface area (Å²) < 4.78 is 10.7. The lowest BCUT2D eigenvalue weighted by Gasteiger charge is -2.27. The minimum absolute atomic E-state index is 0.207. The molecule has 0 unspecified atom stereocenters. The van der Waals surface area contributed by atoms with Crippen LogP contribution in [0.5, 0.6) is 0 Å². The Balaban J connectivity index is 1.45. The molecule has 26 heavy (non-hydrogen) atoms. The number of hydrogen-bond acceptors (Lipinski definition) is 7. The Bertz CT molecular complexity index is 798. The maximum atomic E-state index is 12.5. The summed E-state index contributed by atoms with van der Waals surface area (Å²) in [4.78, 5) is 23.7. The number of anilines is 1. The lowest BCUT2D eigenvalue weighted by Crippen LogP contribution is -2.37. The molecule has 2 aromatic rings. The van der Waals surface area contributed by atoms with E-state index in [9.17, 15) is 4.79 Å². The molecular formula is C18H23N5O3. The monoisotopic (exact) mass is 357 g/mol. The van der Waals surface area contributed by atoms with Gasteiger partial charge in [0.15, 0.2) is 5.69 Å². The van der Waals surface area contributed by atoms with E-state index in [1.807, 2.05) is 13.0 Å². The van der Waals surface area contributed by atoms with Crippen molar-refractivity contribution in [3.05, 3.63) is 34.5 Å². The van der Waals surface area contributed by atoms with Crippen LogP contribution in [-0.2, 0) is 24.1 Å². The molecule has 0 spiro atoms. The molecule has 0 atom stereocenters. The fourth-order valence-electron chi connectivity index (χ4n) is 3.43. The first kappa shape index (κ1) is 17.0. The van der Waals surface area contributed by atoms with Crippen LogP contribution in [0.1, 0.15) is 46.0 Å². The van der Waals surface area contributed by atoms with Crippen molar-refractivity contribution >= 4 is 11.9 Å². The highest BCUT2D eigenvalue weighted by molar-refractivity contribution is 5.93. The predicted octanol–water partition coefficient (Wildman–Crippen LogP) is 1.42. The van der Waals surface area contributed by atoms with Gasteiger partial charge < -0.3 is 19.5 Å². The summed E-state index contributed by atoms with van der Waals surface area (Å²) in [5.41, 5.74) is 3.04. The second-order valence-electron chi connectivity index (χ2n) is 6.72. The van der Waals surface area contributed by atoms with Gasteiger partial charge >= 0.3 is 0 Å². The number of carbonyl (C=O) groups excluding carboxylic acids is 1. The molecule has 2 aliphatic rings. The van der Waals surface area contributed by atoms with Crippen LogP contribution in [0.25, 0.3) is 0 Å². The number of hydrogen-bond donors (Lipinski definition) is 1. The van der Waals surface area contributed by atoms with Crippen molar-refractivity contribution in [2.24, 2.45) is 0 Å². The van der Waals surface area contributed by atoms with Crippen molar-refractivity contribution in [3.8, 4) is 0 Å². The van der Waals surface area contributed by atoms with E-state index in [0.717, 1.165) is 61.5 Å². The second-order valence-corrected chi connectivity index (χ2v) is 6.72. The van der Waals surface area contributed by atoms with Gasteiger partial charge in [-0.3, -0.25) is 4.79 Å². The molecule has 2 aromatic heterocycles. The van der Waals surface area contributed by atoms with E-state index in [1.54, 1.807) is 0 Å². The summed E-state index contributed by atoms with van der Waals surface area (Å²) in [6.45, 7) is 5.19. The van der Waals surface area contributed by atoms with Crippen LogP contribution in [0, 0.1) is 6.92 Å². The number of aryl methyl sites for hydroxylation is 2. The number of ether oxygens (including phenoxy) is 1. The van der Waals surface area contributed by atoms with E-state index in [1.165, 1.54) is 0 Å². The molecule has 8 heteroatoms. The third-order valence-electron chi connectivity index (χ3n) is 4.78. The molecule has 1 aliphatic carbocycles. The first-order valence-electron chi connectivity index (χ1n) is 9.13. The first-order valence-corrected chi connectivity index (χ1v) is 9.13. The maximum absolute atomic E-state index is 12.5. The highest BCUT2D eigenvalue weighted by Gasteiger charge is 2.24. The van der Waals surface area contributed by atoms with Gasteiger partial charge in [-0.05, 0) is 32.3 Å². The van der Waals surface area contributed by atoms with Gasteiger partial charge in [-0.25, -0.2) is 9.97 Å². The number of amides is 1. The zero-order valence-electron chi connectivity index (χ0n) is 15.0. The van der Waals surface area contributed by atoms with Crippen molar-refractivity contribution in [2.75, 3.05) is 31.2 Å². The quantitative estimate of drug-likeness (QED) is 0.884. The normalized spacial score (nSPS) is 17.0. The zero-order valence-corrected chi connectivity index (χ0v) is 15.0. The molecule has 0 radical (unpaired) electrons. The van der Waals surface area contributed by atoms with Gasteiger partial charge in [0.25, 0.3) is 5.91 Å². The van der Waals surface area contributed by atoms with E-state index >= 15 is 0 Å². The third-order valence-corrected chi connectivity index (χ3v) is 4.78. The average Bonchev–Trinajstić information content (AvgIpc) is 3.11. The molecule has 1 N–H and O–H groups in total. The van der Waals surface area contributed by atoms with E-state index in [-0.39, 0.29) is 5.91 Å². The fourth-order valence-corrected chi connectivity index (χ4v) is 3.43. The molecule has 1 saturated heterocycles. The number of morpholine rings is 1. The Hall–Kier alpha value is -2.48. The molecule has 4 rings (SSSR count). The molecule has 1 fully saturated rings. The second kappa shape index (κ2) is 7.41. The number of nitrogens with zero attached hydrogens (tertiary/aromatic N) is 4. The Morgan fingerprint density at radius 3 is 2.88 bits per heavy atom. The van der Waals surface area contributed by atoms with Gasteiger partial charge in [0, 0.05) is 30.8 Å². The van der Waals surface area contributed by atoms with Gasteiger partial charge in [0.1, 0.15) is 5.76 Å². The van der Waals surface area contributed by atoms with Crippen molar-refractivity contribution in [1.29, 1.82) is 0 Å². The van der Waals surface area contributed by atoms with E-state index < -0.39 is 0 Å². The lowest BCUT2D eigenvalue weighted by molar-refractivity contribution is 0.0940. The summed E-state index contributed by atoms with van der Waals surface area (Å²) in [5, 5.41) is 6.89. The van der Waals surface area contributed by atoms with E-state index in [4.69, 9.17) is 9.26 Å². The number of fused-ring (bicyclic) bond motifs is 1. The smallest absolute Gasteiger partial charge is 0.274 e. The number of nitrogens with one attached hydrogen (secondary N) is 1. The molecular weight excluding hydrogens is 334 g/mol. The highest BCUT2D eigenvalue weighted by atomic mass is 16.5. The first-order chi connectivity index (χ1) is 12.7. The van der Waals surface area contributed by atoms with Crippen LogP contribution >= 0.6 is 0 Å². The molecule has 3 heterocycles. The summed E-state index contributed by atoms with van der Waals surface area (Å²) in [6.07, 6.45) is 3.88. The third kappa shape index (κ3) is 3.55. The summed E-state index contributed by atoms with van der Waals surface area (Å²) in [6, 6.07) is 1.89. The lowest BCUT2D eigenvalue weighted by atomic mass is 9.96. The predicted molar refractivity (Wildman–Crippen MR) is 94.1 cm³/mol. The van der Waals surface area contributed by atoms with Crippen LogP contribution < -0.4 is 10.2 Å². The minimum Gasteiger partial charge on any atom is -0.378 e. The summed E-state index contributed by atoms with van der Waals surface area (Å²) in [5.74, 6) is 1.34. The van der Waals surface area contributed by atoms with Crippen molar-refractivity contribution in [1.82, 2.24) is 20.4 Å². The molecule has 8 nitrogen and oxygen atoms in total. The topological polar surface area (TPSA) is 93.4 Å². The maximum Gasteiger partial charge on any atom is 0.274 e. The van der Waals surface area contributed by atoms with Gasteiger partial charge in [-0.15, -0.1) is 0 Å². The Labute approximate surface area is 151 Å². The highest BCUT2D eigenvalue weighted by Crippen LogP contribution is 2.24. The van der Waals surface area contributed by atoms with Crippen molar-refractivity contribution in [3.63, 3.8) is 0 Å². The Morgan fingerprint density at radius 2 is 2.04 bits per heavy atom.